The lowest BCUT2D eigenvalue weighted by molar-refractivity contribution is -0.120. The number of imide groups is 1. The van der Waals surface area contributed by atoms with E-state index in [1.54, 1.807) is 24.3 Å². The molecule has 1 fully saturated rings. The molecule has 1 saturated heterocycles. The van der Waals surface area contributed by atoms with Gasteiger partial charge >= 0.3 is 0 Å². The van der Waals surface area contributed by atoms with E-state index in [4.69, 9.17) is 0 Å². The van der Waals surface area contributed by atoms with E-state index in [2.05, 4.69) is 15.5 Å². The second-order valence-electron chi connectivity index (χ2n) is 7.00. The fourth-order valence-electron chi connectivity index (χ4n) is 3.65. The molecule has 142 valence electrons. The van der Waals surface area contributed by atoms with E-state index in [0.29, 0.717) is 29.7 Å². The summed E-state index contributed by atoms with van der Waals surface area (Å²) in [6.45, 7) is 1.50. The lowest BCUT2D eigenvalue weighted by Gasteiger charge is -2.33. The van der Waals surface area contributed by atoms with Crippen molar-refractivity contribution in [3.8, 4) is 0 Å². The first-order valence-electron chi connectivity index (χ1n) is 9.16. The van der Waals surface area contributed by atoms with Gasteiger partial charge in [-0.05, 0) is 55.3 Å². The molecule has 2 aromatic rings. The first kappa shape index (κ1) is 17.9. The van der Waals surface area contributed by atoms with Crippen LogP contribution in [0.3, 0.4) is 0 Å². The van der Waals surface area contributed by atoms with Gasteiger partial charge in [0.1, 0.15) is 6.29 Å². The highest BCUT2D eigenvalue weighted by molar-refractivity contribution is 6.22. The molecule has 2 aliphatic rings. The van der Waals surface area contributed by atoms with Crippen molar-refractivity contribution in [2.24, 2.45) is 5.92 Å². The average Bonchev–Trinajstić information content (AvgIpc) is 3.01. The van der Waals surface area contributed by atoms with Crippen LogP contribution in [0.1, 0.15) is 43.9 Å². The molecule has 2 N–H and O–H groups in total. The molecule has 0 atom stereocenters. The Bertz CT molecular complexity index is 960. The van der Waals surface area contributed by atoms with Gasteiger partial charge in [-0.25, -0.2) is 0 Å². The van der Waals surface area contributed by atoms with Crippen LogP contribution in [-0.2, 0) is 4.79 Å². The van der Waals surface area contributed by atoms with Crippen molar-refractivity contribution in [1.29, 1.82) is 0 Å². The van der Waals surface area contributed by atoms with Gasteiger partial charge in [-0.15, -0.1) is 0 Å². The minimum absolute atomic E-state index is 0.0827. The first-order chi connectivity index (χ1) is 13.5. The second-order valence-corrected chi connectivity index (χ2v) is 7.00. The summed E-state index contributed by atoms with van der Waals surface area (Å²) in [5.74, 6) is -1.05. The van der Waals surface area contributed by atoms with Crippen LogP contribution in [0, 0.1) is 5.92 Å². The van der Waals surface area contributed by atoms with Crippen LogP contribution in [-0.4, -0.2) is 37.1 Å². The molecule has 7 nitrogen and oxygen atoms in total. The number of rotatable bonds is 4. The lowest BCUT2D eigenvalue weighted by atomic mass is 9.95. The van der Waals surface area contributed by atoms with E-state index in [1.807, 2.05) is 12.1 Å². The second kappa shape index (κ2) is 7.26. The van der Waals surface area contributed by atoms with Crippen molar-refractivity contribution in [1.82, 2.24) is 5.32 Å². The van der Waals surface area contributed by atoms with Crippen molar-refractivity contribution in [3.63, 3.8) is 0 Å². The number of fused-ring (bicyclic) bond motifs is 1. The number of aldehydes is 1. The molecule has 2 heterocycles. The molecule has 2 aromatic carbocycles. The number of carbonyl (C=O) groups is 4. The normalized spacial score (nSPS) is 16.5. The quantitative estimate of drug-likeness (QED) is 0.629. The molecule has 28 heavy (non-hydrogen) atoms. The molecule has 7 heteroatoms. The van der Waals surface area contributed by atoms with Gasteiger partial charge in [-0.3, -0.25) is 24.5 Å². The molecule has 0 bridgehead atoms. The Morgan fingerprint density at radius 3 is 2.36 bits per heavy atom. The molecule has 0 radical (unpaired) electrons. The number of benzene rings is 2. The third-order valence-corrected chi connectivity index (χ3v) is 5.26. The van der Waals surface area contributed by atoms with Gasteiger partial charge in [0.05, 0.1) is 11.1 Å². The third kappa shape index (κ3) is 3.38. The minimum atomic E-state index is -0.440. The van der Waals surface area contributed by atoms with Crippen LogP contribution in [0.15, 0.2) is 42.5 Å². The predicted octanol–water partition coefficient (Wildman–Crippen LogP) is 2.24. The maximum Gasteiger partial charge on any atom is 0.259 e. The van der Waals surface area contributed by atoms with E-state index in [9.17, 15) is 19.2 Å². The molecule has 0 saturated carbocycles. The highest BCUT2D eigenvalue weighted by Gasteiger charge is 2.28. The maximum absolute atomic E-state index is 12.6. The molecule has 4 rings (SSSR count). The van der Waals surface area contributed by atoms with Gasteiger partial charge in [0, 0.05) is 35.9 Å². The number of hydrogen-bond acceptors (Lipinski definition) is 5. The Labute approximate surface area is 161 Å². The van der Waals surface area contributed by atoms with E-state index < -0.39 is 11.8 Å². The van der Waals surface area contributed by atoms with Gasteiger partial charge < -0.3 is 10.2 Å². The predicted molar refractivity (Wildman–Crippen MR) is 104 cm³/mol. The SMILES string of the molecule is O=Cc1ccc(N2CCC(C(=O)Nc3ccc4c(c3)C(=O)NC4=O)CC2)cc1. The number of nitrogens with one attached hydrogen (secondary N) is 2. The molecular formula is C21H19N3O4. The first-order valence-corrected chi connectivity index (χ1v) is 9.16. The standard InChI is InChI=1S/C21H19N3O4/c25-12-13-1-4-16(5-2-13)24-9-7-14(8-10-24)19(26)22-15-3-6-17-18(11-15)21(28)23-20(17)27/h1-6,11-12,14H,7-10H2,(H,22,26)(H,23,27,28). The maximum atomic E-state index is 12.6. The Morgan fingerprint density at radius 1 is 1.00 bits per heavy atom. The van der Waals surface area contributed by atoms with Gasteiger partial charge in [0.25, 0.3) is 11.8 Å². The molecular weight excluding hydrogens is 358 g/mol. The summed E-state index contributed by atoms with van der Waals surface area (Å²) < 4.78 is 0. The highest BCUT2D eigenvalue weighted by atomic mass is 16.2. The zero-order valence-corrected chi connectivity index (χ0v) is 15.1. The number of amides is 3. The topological polar surface area (TPSA) is 95.6 Å². The highest BCUT2D eigenvalue weighted by Crippen LogP contribution is 2.26. The number of nitrogens with zero attached hydrogens (tertiary/aromatic N) is 1. The summed E-state index contributed by atoms with van der Waals surface area (Å²) in [7, 11) is 0. The van der Waals surface area contributed by atoms with Crippen molar-refractivity contribution in [2.45, 2.75) is 12.8 Å². The van der Waals surface area contributed by atoms with Crippen molar-refractivity contribution < 1.29 is 19.2 Å². The van der Waals surface area contributed by atoms with Crippen molar-refractivity contribution in [3.05, 3.63) is 59.2 Å². The Kier molecular flexibility index (Phi) is 4.65. The molecule has 3 amide bonds. The third-order valence-electron chi connectivity index (χ3n) is 5.26. The minimum Gasteiger partial charge on any atom is -0.371 e. The molecule has 0 aromatic heterocycles. The van der Waals surface area contributed by atoms with Crippen LogP contribution in [0.5, 0.6) is 0 Å². The number of piperidine rings is 1. The van der Waals surface area contributed by atoms with Crippen LogP contribution in [0.25, 0.3) is 0 Å². The van der Waals surface area contributed by atoms with Crippen LogP contribution >= 0.6 is 0 Å². The molecule has 0 unspecified atom stereocenters. The van der Waals surface area contributed by atoms with E-state index >= 15 is 0 Å². The van der Waals surface area contributed by atoms with Gasteiger partial charge in [0.2, 0.25) is 5.91 Å². The largest absolute Gasteiger partial charge is 0.371 e. The zero-order chi connectivity index (χ0) is 19.7. The average molecular weight is 377 g/mol. The molecule has 2 aliphatic heterocycles. The summed E-state index contributed by atoms with van der Waals surface area (Å²) in [5.41, 5.74) is 2.82. The Hall–Kier alpha value is -3.48. The van der Waals surface area contributed by atoms with Crippen LogP contribution in [0.4, 0.5) is 11.4 Å². The molecule has 0 aliphatic carbocycles. The van der Waals surface area contributed by atoms with Crippen LogP contribution in [0.2, 0.25) is 0 Å². The summed E-state index contributed by atoms with van der Waals surface area (Å²) >= 11 is 0. The van der Waals surface area contributed by atoms with Gasteiger partial charge in [0.15, 0.2) is 0 Å². The smallest absolute Gasteiger partial charge is 0.259 e. The Balaban J connectivity index is 1.37. The number of carbonyl (C=O) groups excluding carboxylic acids is 4. The van der Waals surface area contributed by atoms with Gasteiger partial charge in [-0.2, -0.15) is 0 Å². The fraction of sp³-hybridized carbons (Fsp3) is 0.238. The van der Waals surface area contributed by atoms with E-state index in [-0.39, 0.29) is 17.4 Å². The Morgan fingerprint density at radius 2 is 1.68 bits per heavy atom. The summed E-state index contributed by atoms with van der Waals surface area (Å²) in [5, 5.41) is 5.10. The van der Waals surface area contributed by atoms with E-state index in [0.717, 1.165) is 25.1 Å². The lowest BCUT2D eigenvalue weighted by Crippen LogP contribution is -2.38. The van der Waals surface area contributed by atoms with E-state index in [1.165, 1.54) is 6.07 Å². The monoisotopic (exact) mass is 377 g/mol. The number of anilines is 2. The zero-order valence-electron chi connectivity index (χ0n) is 15.1. The van der Waals surface area contributed by atoms with Crippen molar-refractivity contribution >= 4 is 35.4 Å². The fourth-order valence-corrected chi connectivity index (χ4v) is 3.65. The van der Waals surface area contributed by atoms with Gasteiger partial charge in [-0.1, -0.05) is 0 Å². The van der Waals surface area contributed by atoms with Crippen LogP contribution < -0.4 is 15.5 Å². The molecule has 0 spiro atoms. The van der Waals surface area contributed by atoms with Crippen molar-refractivity contribution in [2.75, 3.05) is 23.3 Å². The summed E-state index contributed by atoms with van der Waals surface area (Å²) in [6, 6.07) is 12.1. The number of hydrogen-bond donors (Lipinski definition) is 2. The summed E-state index contributed by atoms with van der Waals surface area (Å²) in [4.78, 5) is 48.9. The summed E-state index contributed by atoms with van der Waals surface area (Å²) in [6.07, 6.45) is 2.25.